The van der Waals surface area contributed by atoms with E-state index < -0.39 is 0 Å². The fraction of sp³-hybridized carbons (Fsp3) is 0.154. The van der Waals surface area contributed by atoms with Crippen LogP contribution in [0.5, 0.6) is 0 Å². The molecule has 0 spiro atoms. The average molecular weight is 272 g/mol. The molecule has 0 aliphatic rings. The fourth-order valence-electron chi connectivity index (χ4n) is 1.73. The summed E-state index contributed by atoms with van der Waals surface area (Å²) in [6, 6.07) is 9.50. The highest BCUT2D eigenvalue weighted by molar-refractivity contribution is 7.98. The Morgan fingerprint density at radius 2 is 2.05 bits per heavy atom. The van der Waals surface area contributed by atoms with Gasteiger partial charge in [0.2, 0.25) is 0 Å². The van der Waals surface area contributed by atoms with Gasteiger partial charge in [-0.15, -0.1) is 0 Å². The number of oxazole rings is 1. The van der Waals surface area contributed by atoms with Gasteiger partial charge >= 0.3 is 0 Å². The Hall–Kier alpha value is -1.92. The van der Waals surface area contributed by atoms with Crippen LogP contribution in [-0.2, 0) is 6.54 Å². The number of benzene rings is 1. The summed E-state index contributed by atoms with van der Waals surface area (Å²) in [5.41, 5.74) is 8.89. The number of fused-ring (bicyclic) bond motifs is 1. The standard InChI is InChI=1S/C13H12N4OS/c1-8-6-9(7-14)16-12(15-8)19-13-17-10-4-2-3-5-11(10)18-13/h2-6H,7,14H2,1H3. The van der Waals surface area contributed by atoms with Gasteiger partial charge in [0.05, 0.1) is 5.69 Å². The minimum Gasteiger partial charge on any atom is -0.431 e. The van der Waals surface area contributed by atoms with Crippen LogP contribution in [0.2, 0.25) is 0 Å². The molecule has 0 saturated heterocycles. The number of nitrogens with zero attached hydrogens (tertiary/aromatic N) is 3. The van der Waals surface area contributed by atoms with E-state index >= 15 is 0 Å². The lowest BCUT2D eigenvalue weighted by molar-refractivity contribution is 0.488. The third kappa shape index (κ3) is 2.59. The Kier molecular flexibility index (Phi) is 3.18. The first-order valence-electron chi connectivity index (χ1n) is 5.82. The van der Waals surface area contributed by atoms with Crippen LogP contribution in [-0.4, -0.2) is 15.0 Å². The molecular weight excluding hydrogens is 260 g/mol. The van der Waals surface area contributed by atoms with Crippen LogP contribution in [0.1, 0.15) is 11.4 Å². The molecule has 3 aromatic rings. The summed E-state index contributed by atoms with van der Waals surface area (Å²) in [4.78, 5) is 13.1. The maximum absolute atomic E-state index is 5.63. The SMILES string of the molecule is Cc1cc(CN)nc(Sc2nc3ccccc3o2)n1. The van der Waals surface area contributed by atoms with Crippen molar-refractivity contribution in [2.45, 2.75) is 23.8 Å². The van der Waals surface area contributed by atoms with Gasteiger partial charge in [0.25, 0.3) is 5.22 Å². The second-order valence-electron chi connectivity index (χ2n) is 4.04. The van der Waals surface area contributed by atoms with Crippen LogP contribution >= 0.6 is 11.8 Å². The van der Waals surface area contributed by atoms with Gasteiger partial charge in [-0.25, -0.2) is 15.0 Å². The molecule has 6 heteroatoms. The van der Waals surface area contributed by atoms with Crippen molar-refractivity contribution in [3.8, 4) is 0 Å². The second-order valence-corrected chi connectivity index (χ2v) is 4.96. The minimum atomic E-state index is 0.393. The number of nitrogens with two attached hydrogens (primary N) is 1. The molecule has 0 fully saturated rings. The summed E-state index contributed by atoms with van der Waals surface area (Å²) in [5.74, 6) is 0. The van der Waals surface area contributed by atoms with E-state index in [0.717, 1.165) is 22.5 Å². The topological polar surface area (TPSA) is 77.8 Å². The van der Waals surface area contributed by atoms with Crippen molar-refractivity contribution in [1.82, 2.24) is 15.0 Å². The lowest BCUT2D eigenvalue weighted by Gasteiger charge is -2.01. The van der Waals surface area contributed by atoms with Gasteiger partial charge in [0, 0.05) is 24.0 Å². The van der Waals surface area contributed by atoms with Gasteiger partial charge in [-0.2, -0.15) is 0 Å². The summed E-state index contributed by atoms with van der Waals surface area (Å²) in [7, 11) is 0. The molecule has 19 heavy (non-hydrogen) atoms. The van der Waals surface area contributed by atoms with Gasteiger partial charge in [-0.1, -0.05) is 12.1 Å². The maximum atomic E-state index is 5.63. The first-order chi connectivity index (χ1) is 9.24. The molecule has 2 N–H and O–H groups in total. The van der Waals surface area contributed by atoms with Crippen molar-refractivity contribution < 1.29 is 4.42 Å². The number of hydrogen-bond acceptors (Lipinski definition) is 6. The quantitative estimate of drug-likeness (QED) is 0.738. The molecule has 96 valence electrons. The van der Waals surface area contributed by atoms with E-state index in [-0.39, 0.29) is 0 Å². The Balaban J connectivity index is 1.94. The third-order valence-electron chi connectivity index (χ3n) is 2.55. The Morgan fingerprint density at radius 1 is 1.21 bits per heavy atom. The zero-order chi connectivity index (χ0) is 13.2. The van der Waals surface area contributed by atoms with Crippen LogP contribution in [0.25, 0.3) is 11.1 Å². The largest absolute Gasteiger partial charge is 0.431 e. The maximum Gasteiger partial charge on any atom is 0.264 e. The van der Waals surface area contributed by atoms with Gasteiger partial charge in [-0.05, 0) is 25.1 Å². The van der Waals surface area contributed by atoms with Gasteiger partial charge in [0.1, 0.15) is 5.52 Å². The summed E-state index contributed by atoms with van der Waals surface area (Å²) in [5, 5.41) is 1.14. The van der Waals surface area contributed by atoms with E-state index in [4.69, 9.17) is 10.2 Å². The summed E-state index contributed by atoms with van der Waals surface area (Å²) < 4.78 is 5.63. The highest BCUT2D eigenvalue weighted by Crippen LogP contribution is 2.27. The molecule has 2 aromatic heterocycles. The summed E-state index contributed by atoms with van der Waals surface area (Å²) in [6.45, 7) is 2.31. The third-order valence-corrected chi connectivity index (χ3v) is 3.26. The monoisotopic (exact) mass is 272 g/mol. The number of hydrogen-bond donors (Lipinski definition) is 1. The molecule has 1 aromatic carbocycles. The van der Waals surface area contributed by atoms with Crippen LogP contribution < -0.4 is 5.73 Å². The highest BCUT2D eigenvalue weighted by atomic mass is 32.2. The fourth-order valence-corrected chi connectivity index (χ4v) is 2.51. The molecule has 3 rings (SSSR count). The first-order valence-corrected chi connectivity index (χ1v) is 6.64. The highest BCUT2D eigenvalue weighted by Gasteiger charge is 2.10. The van der Waals surface area contributed by atoms with Gasteiger partial charge < -0.3 is 10.2 Å². The van der Waals surface area contributed by atoms with Crippen molar-refractivity contribution in [1.29, 1.82) is 0 Å². The van der Waals surface area contributed by atoms with Crippen molar-refractivity contribution in [3.63, 3.8) is 0 Å². The number of para-hydroxylation sites is 2. The summed E-state index contributed by atoms with van der Waals surface area (Å²) in [6.07, 6.45) is 0. The number of aryl methyl sites for hydroxylation is 1. The lowest BCUT2D eigenvalue weighted by atomic mass is 10.3. The Morgan fingerprint density at radius 3 is 2.84 bits per heavy atom. The molecule has 5 nitrogen and oxygen atoms in total. The molecule has 0 aliphatic heterocycles. The van der Waals surface area contributed by atoms with Gasteiger partial charge in [0.15, 0.2) is 10.7 Å². The average Bonchev–Trinajstić information content (AvgIpc) is 2.80. The van der Waals surface area contributed by atoms with Crippen molar-refractivity contribution in [3.05, 3.63) is 41.7 Å². The Bertz CT molecular complexity index is 692. The normalized spacial score (nSPS) is 11.1. The minimum absolute atomic E-state index is 0.393. The molecule has 0 atom stereocenters. The molecule has 0 saturated carbocycles. The molecule has 0 unspecified atom stereocenters. The summed E-state index contributed by atoms with van der Waals surface area (Å²) >= 11 is 1.30. The first kappa shape index (κ1) is 12.1. The Labute approximate surface area is 114 Å². The predicted octanol–water partition coefficient (Wildman–Crippen LogP) is 2.54. The van der Waals surface area contributed by atoms with E-state index in [0.29, 0.717) is 16.9 Å². The van der Waals surface area contributed by atoms with Crippen LogP contribution in [0.4, 0.5) is 0 Å². The molecule has 0 radical (unpaired) electrons. The van der Waals surface area contributed by atoms with E-state index in [9.17, 15) is 0 Å². The van der Waals surface area contributed by atoms with Crippen LogP contribution in [0, 0.1) is 6.92 Å². The zero-order valence-corrected chi connectivity index (χ0v) is 11.1. The van der Waals surface area contributed by atoms with Crippen LogP contribution in [0.15, 0.2) is 45.1 Å². The van der Waals surface area contributed by atoms with Crippen molar-refractivity contribution in [2.24, 2.45) is 5.73 Å². The second kappa shape index (κ2) is 4.99. The number of rotatable bonds is 3. The molecule has 0 aliphatic carbocycles. The van der Waals surface area contributed by atoms with Gasteiger partial charge in [-0.3, -0.25) is 0 Å². The molecular formula is C13H12N4OS. The lowest BCUT2D eigenvalue weighted by Crippen LogP contribution is -2.02. The van der Waals surface area contributed by atoms with Crippen molar-refractivity contribution >= 4 is 22.9 Å². The van der Waals surface area contributed by atoms with Crippen LogP contribution in [0.3, 0.4) is 0 Å². The predicted molar refractivity (Wildman–Crippen MR) is 72.8 cm³/mol. The molecule has 2 heterocycles. The zero-order valence-electron chi connectivity index (χ0n) is 10.3. The number of aromatic nitrogens is 3. The van der Waals surface area contributed by atoms with E-state index in [1.54, 1.807) is 0 Å². The molecule has 0 bridgehead atoms. The van der Waals surface area contributed by atoms with E-state index in [1.165, 1.54) is 11.8 Å². The smallest absolute Gasteiger partial charge is 0.264 e. The van der Waals surface area contributed by atoms with E-state index in [2.05, 4.69) is 15.0 Å². The van der Waals surface area contributed by atoms with E-state index in [1.807, 2.05) is 37.3 Å². The van der Waals surface area contributed by atoms with Crippen molar-refractivity contribution in [2.75, 3.05) is 0 Å². The molecule has 0 amide bonds.